The third-order valence-electron chi connectivity index (χ3n) is 7.60. The molecule has 1 aliphatic heterocycles. The first-order valence-corrected chi connectivity index (χ1v) is 13.8. The Labute approximate surface area is 241 Å². The number of amides is 2. The van der Waals surface area contributed by atoms with E-state index >= 15 is 0 Å². The van der Waals surface area contributed by atoms with E-state index in [-0.39, 0.29) is 18.1 Å². The van der Waals surface area contributed by atoms with Gasteiger partial charge in [0.25, 0.3) is 11.8 Å². The minimum Gasteiger partial charge on any atom is -0.478 e. The zero-order valence-electron chi connectivity index (χ0n) is 21.4. The average Bonchev–Trinajstić information content (AvgIpc) is 2.94. The fraction of sp³-hybridized carbons (Fsp3) is 0.300. The number of hydrogen-bond donors (Lipinski definition) is 3. The lowest BCUT2D eigenvalue weighted by molar-refractivity contribution is -0.138. The van der Waals surface area contributed by atoms with Crippen LogP contribution in [0.15, 0.2) is 66.7 Å². The molecule has 1 aliphatic carbocycles. The second kappa shape index (κ2) is 12.0. The van der Waals surface area contributed by atoms with Crippen LogP contribution in [0, 0.1) is 0 Å². The molecule has 0 bridgehead atoms. The molecule has 0 spiro atoms. The van der Waals surface area contributed by atoms with E-state index in [2.05, 4.69) is 5.48 Å². The zero-order valence-corrected chi connectivity index (χ0v) is 22.9. The predicted molar refractivity (Wildman–Crippen MR) is 149 cm³/mol. The van der Waals surface area contributed by atoms with Gasteiger partial charge in [-0.1, -0.05) is 72.4 Å². The summed E-state index contributed by atoms with van der Waals surface area (Å²) >= 11 is 12.9. The minimum absolute atomic E-state index is 0.00361. The van der Waals surface area contributed by atoms with Gasteiger partial charge < -0.3 is 15.1 Å². The first kappa shape index (κ1) is 28.1. The third kappa shape index (κ3) is 5.58. The summed E-state index contributed by atoms with van der Waals surface area (Å²) in [6.07, 6.45) is 2.10. The molecular weight excluding hydrogens is 555 g/mol. The van der Waals surface area contributed by atoms with E-state index in [4.69, 9.17) is 33.1 Å². The van der Waals surface area contributed by atoms with E-state index in [0.29, 0.717) is 45.1 Å². The number of aromatic carboxylic acids is 1. The van der Waals surface area contributed by atoms with Crippen molar-refractivity contribution < 1.29 is 29.4 Å². The Balaban J connectivity index is 1.51. The molecular formula is C30H28Cl2N2O6. The number of nitrogens with one attached hydrogen (secondary N) is 1. The molecule has 0 saturated heterocycles. The van der Waals surface area contributed by atoms with Crippen LogP contribution in [0.2, 0.25) is 10.0 Å². The molecule has 5 rings (SSSR count). The molecule has 10 heteroatoms. The van der Waals surface area contributed by atoms with Crippen LogP contribution in [0.1, 0.15) is 75.0 Å². The number of hydroxylamine groups is 1. The number of halogens is 2. The van der Waals surface area contributed by atoms with Gasteiger partial charge in [-0.3, -0.25) is 14.4 Å². The monoisotopic (exact) mass is 582 g/mol. The number of carboxylic acids is 1. The van der Waals surface area contributed by atoms with E-state index in [1.165, 1.54) is 12.1 Å². The molecule has 40 heavy (non-hydrogen) atoms. The topological polar surface area (TPSA) is 116 Å². The summed E-state index contributed by atoms with van der Waals surface area (Å²) in [6.45, 7) is -0.00361. The molecule has 0 aromatic heterocycles. The second-order valence-corrected chi connectivity index (χ2v) is 10.9. The first-order chi connectivity index (χ1) is 19.3. The van der Waals surface area contributed by atoms with Gasteiger partial charge in [-0.15, -0.1) is 0 Å². The number of carboxylic acid groups (broad SMARTS) is 1. The summed E-state index contributed by atoms with van der Waals surface area (Å²) in [5.41, 5.74) is 4.78. The van der Waals surface area contributed by atoms with Crippen molar-refractivity contribution >= 4 is 41.0 Å². The number of carbonyl (C=O) groups is 3. The molecule has 2 amide bonds. The summed E-state index contributed by atoms with van der Waals surface area (Å²) in [7, 11) is 0. The lowest BCUT2D eigenvalue weighted by atomic mass is 9.77. The highest BCUT2D eigenvalue weighted by Gasteiger charge is 2.49. The number of benzene rings is 3. The van der Waals surface area contributed by atoms with Crippen LogP contribution in [-0.2, 0) is 16.2 Å². The molecule has 3 N–H and O–H groups in total. The normalized spacial score (nSPS) is 22.5. The molecule has 8 nitrogen and oxygen atoms in total. The van der Waals surface area contributed by atoms with Gasteiger partial charge in [-0.2, -0.15) is 0 Å². The van der Waals surface area contributed by atoms with E-state index in [1.807, 2.05) is 0 Å². The molecule has 3 aromatic rings. The maximum atomic E-state index is 14.0. The largest absolute Gasteiger partial charge is 0.478 e. The molecule has 2 aliphatic rings. The van der Waals surface area contributed by atoms with Crippen molar-refractivity contribution in [3.63, 3.8) is 0 Å². The van der Waals surface area contributed by atoms with Crippen LogP contribution in [0.4, 0.5) is 0 Å². The molecule has 208 valence electrons. The van der Waals surface area contributed by atoms with E-state index < -0.39 is 36.0 Å². The van der Waals surface area contributed by atoms with Crippen LogP contribution < -0.4 is 5.48 Å². The van der Waals surface area contributed by atoms with Crippen LogP contribution in [0.5, 0.6) is 0 Å². The summed E-state index contributed by atoms with van der Waals surface area (Å²) in [5.74, 6) is -2.71. The van der Waals surface area contributed by atoms with Gasteiger partial charge in [0.05, 0.1) is 36.3 Å². The fourth-order valence-corrected chi connectivity index (χ4v) is 6.21. The molecule has 0 radical (unpaired) electrons. The molecule has 1 fully saturated rings. The predicted octanol–water partition coefficient (Wildman–Crippen LogP) is 5.52. The Hall–Kier alpha value is -3.43. The van der Waals surface area contributed by atoms with Gasteiger partial charge in [0, 0.05) is 15.6 Å². The Bertz CT molecular complexity index is 1430. The van der Waals surface area contributed by atoms with E-state index in [1.54, 1.807) is 59.5 Å². The molecule has 3 aromatic carbocycles. The van der Waals surface area contributed by atoms with Crippen LogP contribution >= 0.6 is 23.2 Å². The van der Waals surface area contributed by atoms with Crippen molar-refractivity contribution in [1.29, 1.82) is 0 Å². The number of aliphatic hydroxyl groups excluding tert-OH is 1. The summed E-state index contributed by atoms with van der Waals surface area (Å²) < 4.78 is 0. The summed E-state index contributed by atoms with van der Waals surface area (Å²) in [4.78, 5) is 46.2. The number of hydrogen-bond acceptors (Lipinski definition) is 5. The standard InChI is InChI=1S/C30H28Cl2N2O6/c31-19-13-14-22(23(32)15-19)27-26(28(36)33-40-16-17-9-11-18(12-10-17)30(38)39)20-5-1-2-6-21(20)29(37)34(27)24-7-3-4-8-25(24)35/h1-2,5-6,9-15,24-27,35H,3-4,7-8,16H2,(H,33,36)(H,38,39)/t24-,25-,26+,27-/m0/s1. The quantitative estimate of drug-likeness (QED) is 0.316. The number of nitrogens with zero attached hydrogens (tertiary/aromatic N) is 1. The average molecular weight is 583 g/mol. The van der Waals surface area contributed by atoms with E-state index in [9.17, 15) is 19.5 Å². The number of fused-ring (bicyclic) bond motifs is 1. The Kier molecular flexibility index (Phi) is 8.42. The van der Waals surface area contributed by atoms with Gasteiger partial charge in [0.2, 0.25) is 0 Å². The van der Waals surface area contributed by atoms with Crippen LogP contribution in [-0.4, -0.2) is 45.0 Å². The van der Waals surface area contributed by atoms with Crippen molar-refractivity contribution in [1.82, 2.24) is 10.4 Å². The van der Waals surface area contributed by atoms with Gasteiger partial charge in [-0.05, 0) is 59.9 Å². The number of carbonyl (C=O) groups excluding carboxylic acids is 2. The van der Waals surface area contributed by atoms with Gasteiger partial charge >= 0.3 is 5.97 Å². The summed E-state index contributed by atoms with van der Waals surface area (Å²) in [6, 6.07) is 16.7. The molecule has 1 heterocycles. The van der Waals surface area contributed by atoms with Gasteiger partial charge in [-0.25, -0.2) is 10.3 Å². The third-order valence-corrected chi connectivity index (χ3v) is 8.17. The first-order valence-electron chi connectivity index (χ1n) is 13.0. The fourth-order valence-electron chi connectivity index (χ4n) is 5.69. The minimum atomic E-state index is -1.04. The Morgan fingerprint density at radius 2 is 1.70 bits per heavy atom. The maximum Gasteiger partial charge on any atom is 0.335 e. The van der Waals surface area contributed by atoms with Crippen molar-refractivity contribution in [3.05, 3.63) is 105 Å². The van der Waals surface area contributed by atoms with Crippen LogP contribution in [0.3, 0.4) is 0 Å². The maximum absolute atomic E-state index is 14.0. The lowest BCUT2D eigenvalue weighted by Gasteiger charge is -2.48. The van der Waals surface area contributed by atoms with Crippen molar-refractivity contribution in [3.8, 4) is 0 Å². The van der Waals surface area contributed by atoms with E-state index in [0.717, 1.165) is 12.8 Å². The highest BCUT2D eigenvalue weighted by Crippen LogP contribution is 2.47. The second-order valence-electron chi connectivity index (χ2n) is 10.1. The highest BCUT2D eigenvalue weighted by molar-refractivity contribution is 6.35. The lowest BCUT2D eigenvalue weighted by Crippen LogP contribution is -2.55. The summed E-state index contributed by atoms with van der Waals surface area (Å²) in [5, 5.41) is 20.8. The molecule has 0 unspecified atom stereocenters. The smallest absolute Gasteiger partial charge is 0.335 e. The van der Waals surface area contributed by atoms with Gasteiger partial charge in [0.15, 0.2) is 0 Å². The number of aliphatic hydroxyl groups is 1. The SMILES string of the molecule is O=C(O)c1ccc(CONC(=O)[C@@H]2c3ccccc3C(=O)N([C@H]3CCCC[C@@H]3O)[C@H]2c2ccc(Cl)cc2Cl)cc1. The van der Waals surface area contributed by atoms with Crippen LogP contribution in [0.25, 0.3) is 0 Å². The van der Waals surface area contributed by atoms with Gasteiger partial charge in [0.1, 0.15) is 0 Å². The van der Waals surface area contributed by atoms with Crippen molar-refractivity contribution in [2.45, 2.75) is 56.4 Å². The number of rotatable bonds is 7. The highest BCUT2D eigenvalue weighted by atomic mass is 35.5. The molecule has 1 saturated carbocycles. The Morgan fingerprint density at radius 1 is 0.975 bits per heavy atom. The Morgan fingerprint density at radius 3 is 2.40 bits per heavy atom. The van der Waals surface area contributed by atoms with Crippen molar-refractivity contribution in [2.75, 3.05) is 0 Å². The van der Waals surface area contributed by atoms with Crippen molar-refractivity contribution in [2.24, 2.45) is 0 Å². The zero-order chi connectivity index (χ0) is 28.4. The molecule has 4 atom stereocenters.